The molecule has 84 valence electrons. The van der Waals surface area contributed by atoms with Crippen LogP contribution in [0.4, 0.5) is 5.95 Å². The van der Waals surface area contributed by atoms with Crippen molar-refractivity contribution >= 4 is 23.0 Å². The molecule has 0 unspecified atom stereocenters. The van der Waals surface area contributed by atoms with E-state index in [1.54, 1.807) is 11.6 Å². The third kappa shape index (κ3) is 1.69. The third-order valence-electron chi connectivity index (χ3n) is 2.34. The number of aryl methyl sites for hydroxylation is 1. The van der Waals surface area contributed by atoms with E-state index in [0.29, 0.717) is 17.1 Å². The second kappa shape index (κ2) is 3.80. The first kappa shape index (κ1) is 10.4. The molecule has 0 atom stereocenters. The van der Waals surface area contributed by atoms with Gasteiger partial charge in [0, 0.05) is 12.7 Å². The molecule has 2 aromatic heterocycles. The quantitative estimate of drug-likeness (QED) is 0.748. The smallest absolute Gasteiger partial charge is 0.239 e. The summed E-state index contributed by atoms with van der Waals surface area (Å²) in [7, 11) is 1.58. The van der Waals surface area contributed by atoms with E-state index >= 15 is 0 Å². The highest BCUT2D eigenvalue weighted by atomic mass is 16.1. The summed E-state index contributed by atoms with van der Waals surface area (Å²) in [6.07, 6.45) is 0. The van der Waals surface area contributed by atoms with Crippen molar-refractivity contribution in [3.63, 3.8) is 0 Å². The van der Waals surface area contributed by atoms with Crippen molar-refractivity contribution in [3.8, 4) is 0 Å². The van der Waals surface area contributed by atoms with Gasteiger partial charge in [0.05, 0.1) is 0 Å². The van der Waals surface area contributed by atoms with Gasteiger partial charge in [-0.3, -0.25) is 9.36 Å². The number of nitrogens with one attached hydrogen (secondary N) is 1. The van der Waals surface area contributed by atoms with Crippen LogP contribution in [-0.2, 0) is 11.3 Å². The fourth-order valence-electron chi connectivity index (χ4n) is 1.49. The summed E-state index contributed by atoms with van der Waals surface area (Å²) in [6.45, 7) is 2.02. The molecule has 0 fully saturated rings. The molecular formula is C10H13N5O. The summed E-state index contributed by atoms with van der Waals surface area (Å²) in [5, 5.41) is 2.54. The predicted molar refractivity (Wildman–Crippen MR) is 60.7 cm³/mol. The van der Waals surface area contributed by atoms with E-state index in [0.717, 1.165) is 5.69 Å². The molecule has 0 spiro atoms. The summed E-state index contributed by atoms with van der Waals surface area (Å²) in [6, 6.07) is 3.70. The lowest BCUT2D eigenvalue weighted by atomic mass is 10.3. The van der Waals surface area contributed by atoms with Crippen LogP contribution in [0.3, 0.4) is 0 Å². The van der Waals surface area contributed by atoms with Crippen molar-refractivity contribution in [2.24, 2.45) is 0 Å². The molecule has 2 rings (SSSR count). The molecule has 1 amide bonds. The van der Waals surface area contributed by atoms with Crippen molar-refractivity contribution in [1.29, 1.82) is 0 Å². The number of nitrogens with zero attached hydrogens (tertiary/aromatic N) is 3. The van der Waals surface area contributed by atoms with Crippen LogP contribution in [0.25, 0.3) is 11.2 Å². The molecule has 0 saturated carbocycles. The molecule has 6 nitrogen and oxygen atoms in total. The van der Waals surface area contributed by atoms with Crippen LogP contribution in [0.5, 0.6) is 0 Å². The molecule has 2 heterocycles. The number of nitrogens with two attached hydrogens (primary N) is 1. The molecule has 0 saturated heterocycles. The van der Waals surface area contributed by atoms with Gasteiger partial charge in [-0.05, 0) is 19.1 Å². The maximum absolute atomic E-state index is 11.3. The van der Waals surface area contributed by atoms with Crippen LogP contribution >= 0.6 is 0 Å². The Morgan fingerprint density at radius 2 is 2.25 bits per heavy atom. The molecule has 0 bridgehead atoms. The number of anilines is 1. The molecule has 0 aliphatic heterocycles. The number of imidazole rings is 1. The number of aromatic nitrogens is 3. The summed E-state index contributed by atoms with van der Waals surface area (Å²) in [5.41, 5.74) is 7.95. The highest BCUT2D eigenvalue weighted by molar-refractivity contribution is 5.80. The van der Waals surface area contributed by atoms with Crippen LogP contribution in [0.1, 0.15) is 5.69 Å². The summed E-state index contributed by atoms with van der Waals surface area (Å²) >= 11 is 0. The summed E-state index contributed by atoms with van der Waals surface area (Å²) in [4.78, 5) is 19.8. The zero-order valence-corrected chi connectivity index (χ0v) is 9.19. The highest BCUT2D eigenvalue weighted by Gasteiger charge is 2.11. The third-order valence-corrected chi connectivity index (χ3v) is 2.34. The lowest BCUT2D eigenvalue weighted by Crippen LogP contribution is -2.24. The van der Waals surface area contributed by atoms with Gasteiger partial charge in [0.15, 0.2) is 5.65 Å². The first-order chi connectivity index (χ1) is 7.61. The van der Waals surface area contributed by atoms with E-state index in [1.807, 2.05) is 19.1 Å². The Morgan fingerprint density at radius 3 is 2.94 bits per heavy atom. The second-order valence-corrected chi connectivity index (χ2v) is 3.52. The Hall–Kier alpha value is -2.11. The Balaban J connectivity index is 2.54. The molecule has 6 heteroatoms. The van der Waals surface area contributed by atoms with E-state index in [4.69, 9.17) is 5.73 Å². The molecule has 16 heavy (non-hydrogen) atoms. The van der Waals surface area contributed by atoms with Gasteiger partial charge in [-0.1, -0.05) is 0 Å². The number of nitrogen functional groups attached to an aromatic ring is 1. The Bertz CT molecular complexity index is 545. The van der Waals surface area contributed by atoms with Crippen molar-refractivity contribution in [1.82, 2.24) is 19.9 Å². The van der Waals surface area contributed by atoms with Crippen molar-refractivity contribution < 1.29 is 4.79 Å². The first-order valence-electron chi connectivity index (χ1n) is 4.91. The normalized spacial score (nSPS) is 10.6. The van der Waals surface area contributed by atoms with Crippen LogP contribution in [0.2, 0.25) is 0 Å². The fourth-order valence-corrected chi connectivity index (χ4v) is 1.49. The average molecular weight is 219 g/mol. The molecule has 0 aromatic carbocycles. The standard InChI is InChI=1S/C10H13N5O/c1-6-3-4-7-9(13-6)15(10(11)14-7)5-8(16)12-2/h3-4H,5H2,1-2H3,(H2,11,14)(H,12,16). The number of pyridine rings is 1. The number of hydrogen-bond acceptors (Lipinski definition) is 4. The van der Waals surface area contributed by atoms with Crippen molar-refractivity contribution in [2.45, 2.75) is 13.5 Å². The Morgan fingerprint density at radius 1 is 1.50 bits per heavy atom. The van der Waals surface area contributed by atoms with Gasteiger partial charge in [0.1, 0.15) is 12.1 Å². The zero-order valence-electron chi connectivity index (χ0n) is 9.19. The zero-order chi connectivity index (χ0) is 11.7. The van der Waals surface area contributed by atoms with E-state index in [-0.39, 0.29) is 12.5 Å². The second-order valence-electron chi connectivity index (χ2n) is 3.52. The number of fused-ring (bicyclic) bond motifs is 1. The molecule has 0 radical (unpaired) electrons. The van der Waals surface area contributed by atoms with Gasteiger partial charge >= 0.3 is 0 Å². The van der Waals surface area contributed by atoms with E-state index in [1.165, 1.54) is 0 Å². The number of amides is 1. The predicted octanol–water partition coefficient (Wildman–Crippen LogP) is 0.0679. The van der Waals surface area contributed by atoms with Crippen LogP contribution < -0.4 is 11.1 Å². The van der Waals surface area contributed by atoms with E-state index in [2.05, 4.69) is 15.3 Å². The maximum Gasteiger partial charge on any atom is 0.239 e. The van der Waals surface area contributed by atoms with Gasteiger partial charge in [-0.25, -0.2) is 9.97 Å². The average Bonchev–Trinajstić information content (AvgIpc) is 2.55. The minimum atomic E-state index is -0.130. The van der Waals surface area contributed by atoms with Gasteiger partial charge in [-0.15, -0.1) is 0 Å². The monoisotopic (exact) mass is 219 g/mol. The molecule has 0 aliphatic rings. The first-order valence-corrected chi connectivity index (χ1v) is 4.91. The number of rotatable bonds is 2. The van der Waals surface area contributed by atoms with Crippen LogP contribution in [0, 0.1) is 6.92 Å². The van der Waals surface area contributed by atoms with Gasteiger partial charge < -0.3 is 11.1 Å². The number of carbonyl (C=O) groups is 1. The lowest BCUT2D eigenvalue weighted by molar-refractivity contribution is -0.121. The summed E-state index contributed by atoms with van der Waals surface area (Å²) in [5.74, 6) is 0.172. The highest BCUT2D eigenvalue weighted by Crippen LogP contribution is 2.15. The van der Waals surface area contributed by atoms with Crippen LogP contribution in [-0.4, -0.2) is 27.5 Å². The minimum Gasteiger partial charge on any atom is -0.369 e. The van der Waals surface area contributed by atoms with Gasteiger partial charge in [-0.2, -0.15) is 0 Å². The lowest BCUT2D eigenvalue weighted by Gasteiger charge is -2.04. The van der Waals surface area contributed by atoms with Gasteiger partial charge in [0.2, 0.25) is 11.9 Å². The molecule has 0 aliphatic carbocycles. The molecule has 3 N–H and O–H groups in total. The topological polar surface area (TPSA) is 85.8 Å². The Labute approximate surface area is 92.5 Å². The SMILES string of the molecule is CNC(=O)Cn1c(N)nc2ccc(C)nc21. The van der Waals surface area contributed by atoms with E-state index < -0.39 is 0 Å². The van der Waals surface area contributed by atoms with Gasteiger partial charge in [0.25, 0.3) is 0 Å². The largest absolute Gasteiger partial charge is 0.369 e. The van der Waals surface area contributed by atoms with Crippen molar-refractivity contribution in [3.05, 3.63) is 17.8 Å². The molecular weight excluding hydrogens is 206 g/mol. The fraction of sp³-hybridized carbons (Fsp3) is 0.300. The number of hydrogen-bond donors (Lipinski definition) is 2. The van der Waals surface area contributed by atoms with E-state index in [9.17, 15) is 4.79 Å². The summed E-state index contributed by atoms with van der Waals surface area (Å²) < 4.78 is 1.60. The minimum absolute atomic E-state index is 0.130. The maximum atomic E-state index is 11.3. The molecule has 2 aromatic rings. The number of likely N-dealkylation sites (N-methyl/N-ethyl adjacent to an activating group) is 1. The Kier molecular flexibility index (Phi) is 2.47. The van der Waals surface area contributed by atoms with Crippen LogP contribution in [0.15, 0.2) is 12.1 Å². The number of carbonyl (C=O) groups excluding carboxylic acids is 1. The van der Waals surface area contributed by atoms with Crippen molar-refractivity contribution in [2.75, 3.05) is 12.8 Å².